The number of aliphatic hydroxyl groups excluding tert-OH is 7. The minimum Gasteiger partial charge on any atom is -0.462 e. The van der Waals surface area contributed by atoms with Crippen molar-refractivity contribution in [3.63, 3.8) is 0 Å². The lowest BCUT2D eigenvalue weighted by atomic mass is 9.98. The Hall–Kier alpha value is -2.02. The number of allylic oxidation sites excluding steroid dienone is 4. The Morgan fingerprint density at radius 3 is 1.32 bits per heavy atom. The molecule has 2 heterocycles. The average Bonchev–Trinajstić information content (AvgIpc) is 3.36. The molecule has 0 radical (unpaired) electrons. The van der Waals surface area contributed by atoms with Gasteiger partial charge in [0.1, 0.15) is 55.4 Å². The van der Waals surface area contributed by atoms with Crippen molar-refractivity contribution in [2.24, 2.45) is 0 Å². The molecule has 0 aromatic rings. The third-order valence-corrected chi connectivity index (χ3v) is 13.7. The highest BCUT2D eigenvalue weighted by Crippen LogP contribution is 2.27. The van der Waals surface area contributed by atoms with Crippen molar-refractivity contribution in [3.05, 3.63) is 24.3 Å². The van der Waals surface area contributed by atoms with Gasteiger partial charge in [-0.1, -0.05) is 192 Å². The van der Waals surface area contributed by atoms with E-state index in [0.29, 0.717) is 12.8 Å². The Balaban J connectivity index is 1.76. The molecular weight excluding hydrogens is 913 g/mol. The molecule has 7 N–H and O–H groups in total. The van der Waals surface area contributed by atoms with E-state index in [9.17, 15) is 45.3 Å². The lowest BCUT2D eigenvalue weighted by Crippen LogP contribution is -2.61. The van der Waals surface area contributed by atoms with Crippen molar-refractivity contribution < 1.29 is 73.8 Å². The van der Waals surface area contributed by atoms with Crippen LogP contribution in [0.2, 0.25) is 0 Å². The predicted molar refractivity (Wildman–Crippen MR) is 275 cm³/mol. The van der Waals surface area contributed by atoms with E-state index in [1.54, 1.807) is 0 Å². The van der Waals surface area contributed by atoms with Crippen LogP contribution in [0.5, 0.6) is 0 Å². The Bertz CT molecular complexity index is 1330. The first kappa shape index (κ1) is 65.1. The molecule has 15 heteroatoms. The Morgan fingerprint density at radius 1 is 0.451 bits per heavy atom. The molecule has 11 atom stereocenters. The van der Waals surface area contributed by atoms with Crippen LogP contribution in [0.4, 0.5) is 0 Å². The summed E-state index contributed by atoms with van der Waals surface area (Å²) in [6.45, 7) is 2.60. The number of esters is 2. The maximum atomic E-state index is 13.0. The summed E-state index contributed by atoms with van der Waals surface area (Å²) in [7, 11) is 0. The van der Waals surface area contributed by atoms with E-state index in [0.717, 1.165) is 64.2 Å². The van der Waals surface area contributed by atoms with Gasteiger partial charge in [0.05, 0.1) is 19.8 Å². The maximum Gasteiger partial charge on any atom is 0.306 e. The Labute approximate surface area is 428 Å². The van der Waals surface area contributed by atoms with Crippen LogP contribution in [0.1, 0.15) is 226 Å². The number of rotatable bonds is 45. The number of ether oxygens (including phenoxy) is 6. The van der Waals surface area contributed by atoms with Crippen molar-refractivity contribution in [2.45, 2.75) is 293 Å². The van der Waals surface area contributed by atoms with E-state index in [1.165, 1.54) is 122 Å². The summed E-state index contributed by atoms with van der Waals surface area (Å²) in [6, 6.07) is 0. The van der Waals surface area contributed by atoms with Crippen molar-refractivity contribution >= 4 is 11.9 Å². The second kappa shape index (κ2) is 43.2. The van der Waals surface area contributed by atoms with Gasteiger partial charge in [0.15, 0.2) is 18.7 Å². The summed E-state index contributed by atoms with van der Waals surface area (Å²) in [5.74, 6) is -0.929. The fourth-order valence-corrected chi connectivity index (χ4v) is 9.01. The van der Waals surface area contributed by atoms with Gasteiger partial charge in [0.25, 0.3) is 0 Å². The highest BCUT2D eigenvalue weighted by Gasteiger charge is 2.47. The maximum absolute atomic E-state index is 13.0. The van der Waals surface area contributed by atoms with Crippen molar-refractivity contribution in [2.75, 3.05) is 26.4 Å². The number of unbranched alkanes of at least 4 members (excludes halogenated alkanes) is 27. The molecule has 15 nitrogen and oxygen atoms in total. The molecular formula is C56H102O15. The van der Waals surface area contributed by atoms with Gasteiger partial charge in [0.2, 0.25) is 0 Å². The summed E-state index contributed by atoms with van der Waals surface area (Å²) >= 11 is 0. The molecule has 0 bridgehead atoms. The van der Waals surface area contributed by atoms with Gasteiger partial charge in [-0.25, -0.2) is 0 Å². The first-order chi connectivity index (χ1) is 34.5. The van der Waals surface area contributed by atoms with Crippen LogP contribution in [-0.2, 0) is 38.0 Å². The average molecular weight is 1020 g/mol. The highest BCUT2D eigenvalue weighted by molar-refractivity contribution is 5.70. The van der Waals surface area contributed by atoms with E-state index < -0.39 is 92.7 Å². The molecule has 0 amide bonds. The summed E-state index contributed by atoms with van der Waals surface area (Å²) in [4.78, 5) is 25.8. The van der Waals surface area contributed by atoms with Crippen molar-refractivity contribution in [1.29, 1.82) is 0 Å². The second-order valence-electron chi connectivity index (χ2n) is 20.1. The number of carbonyl (C=O) groups is 2. The van der Waals surface area contributed by atoms with Crippen LogP contribution in [0.25, 0.3) is 0 Å². The molecule has 2 fully saturated rings. The van der Waals surface area contributed by atoms with Crippen LogP contribution in [0, 0.1) is 0 Å². The zero-order chi connectivity index (χ0) is 51.7. The molecule has 2 rings (SSSR count). The van der Waals surface area contributed by atoms with E-state index in [1.807, 2.05) is 0 Å². The van der Waals surface area contributed by atoms with Crippen LogP contribution < -0.4 is 0 Å². The van der Waals surface area contributed by atoms with Gasteiger partial charge in [-0.15, -0.1) is 0 Å². The smallest absolute Gasteiger partial charge is 0.306 e. The third-order valence-electron chi connectivity index (χ3n) is 13.7. The molecule has 2 aliphatic rings. The molecule has 2 saturated heterocycles. The summed E-state index contributed by atoms with van der Waals surface area (Å²) in [5, 5.41) is 72.2. The largest absolute Gasteiger partial charge is 0.462 e. The normalized spacial score (nSPS) is 25.3. The van der Waals surface area contributed by atoms with Gasteiger partial charge in [-0.3, -0.25) is 9.59 Å². The molecule has 11 unspecified atom stereocenters. The zero-order valence-corrected chi connectivity index (χ0v) is 44.2. The predicted octanol–water partition coefficient (Wildman–Crippen LogP) is 9.11. The SMILES string of the molecule is CCCCCC/C=C\C/C=C\CCCCCCCC(=O)OC(COC(=O)CCCCCCCCCCCCCCCCCCCCC)COC1OC(COC2OC(CO)C(O)C(O)C2O)C(O)C(O)C1O. The molecule has 416 valence electrons. The molecule has 2 aliphatic heterocycles. The van der Waals surface area contributed by atoms with E-state index in [2.05, 4.69) is 38.2 Å². The van der Waals surface area contributed by atoms with Gasteiger partial charge in [-0.2, -0.15) is 0 Å². The van der Waals surface area contributed by atoms with E-state index in [4.69, 9.17) is 28.4 Å². The van der Waals surface area contributed by atoms with E-state index in [-0.39, 0.29) is 26.1 Å². The molecule has 0 spiro atoms. The minimum absolute atomic E-state index is 0.152. The lowest BCUT2D eigenvalue weighted by molar-refractivity contribution is -0.332. The van der Waals surface area contributed by atoms with Crippen LogP contribution >= 0.6 is 0 Å². The van der Waals surface area contributed by atoms with Gasteiger partial charge < -0.3 is 64.2 Å². The van der Waals surface area contributed by atoms with Crippen LogP contribution in [-0.4, -0.2) is 142 Å². The molecule has 0 aromatic heterocycles. The third kappa shape index (κ3) is 30.8. The first-order valence-corrected chi connectivity index (χ1v) is 28.4. The lowest BCUT2D eigenvalue weighted by Gasteiger charge is -2.42. The monoisotopic (exact) mass is 1010 g/mol. The van der Waals surface area contributed by atoms with Gasteiger partial charge in [-0.05, 0) is 44.9 Å². The summed E-state index contributed by atoms with van der Waals surface area (Å²) < 4.78 is 33.7. The summed E-state index contributed by atoms with van der Waals surface area (Å²) in [5.41, 5.74) is 0. The molecule has 0 aliphatic carbocycles. The van der Waals surface area contributed by atoms with E-state index >= 15 is 0 Å². The van der Waals surface area contributed by atoms with Crippen LogP contribution in [0.3, 0.4) is 0 Å². The van der Waals surface area contributed by atoms with Crippen LogP contribution in [0.15, 0.2) is 24.3 Å². The topological polar surface area (TPSA) is 231 Å². The number of hydrogen-bond acceptors (Lipinski definition) is 15. The molecule has 0 saturated carbocycles. The van der Waals surface area contributed by atoms with Crippen molar-refractivity contribution in [1.82, 2.24) is 0 Å². The minimum atomic E-state index is -1.77. The fourth-order valence-electron chi connectivity index (χ4n) is 9.01. The fraction of sp³-hybridized carbons (Fsp3) is 0.893. The molecule has 71 heavy (non-hydrogen) atoms. The molecule has 0 aromatic carbocycles. The number of carbonyl (C=O) groups excluding carboxylic acids is 2. The number of hydrogen-bond donors (Lipinski definition) is 7. The standard InChI is InChI=1S/C56H102O15/c1-3-5-7-9-11-13-15-17-19-21-22-23-25-26-28-30-32-34-36-38-47(58)66-41-44(69-48(59)39-37-35-33-31-29-27-24-20-18-16-14-12-10-8-6-4-2)42-67-55-54(65)52(63)50(61)46(71-55)43-68-56-53(64)51(62)49(60)45(40-57)70-56/h14,16,20,24,44-46,49-57,60-65H,3-13,15,17-19,21-23,25-43H2,1-2H3/b16-14-,24-20-. The number of aliphatic hydroxyl groups is 7. The Kier molecular flexibility index (Phi) is 39.6. The zero-order valence-electron chi connectivity index (χ0n) is 44.2. The van der Waals surface area contributed by atoms with Gasteiger partial charge in [0, 0.05) is 12.8 Å². The highest BCUT2D eigenvalue weighted by atomic mass is 16.7. The Morgan fingerprint density at radius 2 is 0.845 bits per heavy atom. The van der Waals surface area contributed by atoms with Crippen molar-refractivity contribution in [3.8, 4) is 0 Å². The van der Waals surface area contributed by atoms with Gasteiger partial charge >= 0.3 is 11.9 Å². The first-order valence-electron chi connectivity index (χ1n) is 28.4. The quantitative estimate of drug-likeness (QED) is 0.0171. The second-order valence-corrected chi connectivity index (χ2v) is 20.1. The summed E-state index contributed by atoms with van der Waals surface area (Å²) in [6.07, 6.45) is 29.1.